The van der Waals surface area contributed by atoms with Gasteiger partial charge in [-0.3, -0.25) is 9.59 Å². The molecule has 0 saturated carbocycles. The zero-order valence-corrected chi connectivity index (χ0v) is 18.8. The fraction of sp³-hybridized carbons (Fsp3) is 0.455. The van der Waals surface area contributed by atoms with Gasteiger partial charge in [-0.25, -0.2) is 4.98 Å². The van der Waals surface area contributed by atoms with Gasteiger partial charge in [0.25, 0.3) is 0 Å². The number of rotatable bonds is 7. The maximum atomic E-state index is 12.6. The number of ether oxygens (including phenoxy) is 1. The molecule has 0 aliphatic carbocycles. The molecule has 2 aliphatic heterocycles. The number of nitrogens with one attached hydrogen (secondary N) is 2. The topological polar surface area (TPSA) is 99.7 Å². The Balaban J connectivity index is 1.25. The van der Waals surface area contributed by atoms with E-state index in [1.165, 1.54) is 0 Å². The highest BCUT2D eigenvalue weighted by Gasteiger charge is 2.34. The van der Waals surface area contributed by atoms with Crippen LogP contribution in [0, 0.1) is 12.8 Å². The molecule has 3 heterocycles. The minimum atomic E-state index is -0.374. The second-order valence-corrected chi connectivity index (χ2v) is 8.33. The molecule has 2 amide bonds. The monoisotopic (exact) mass is 458 g/mol. The van der Waals surface area contributed by atoms with E-state index in [0.29, 0.717) is 43.8 Å². The molecule has 170 valence electrons. The van der Waals surface area contributed by atoms with Gasteiger partial charge in [0.15, 0.2) is 0 Å². The minimum absolute atomic E-state index is 0.0607. The zero-order valence-electron chi connectivity index (χ0n) is 18.0. The molecule has 0 bridgehead atoms. The predicted molar refractivity (Wildman–Crippen MR) is 123 cm³/mol. The molecule has 1 unspecified atom stereocenters. The number of carbonyl (C=O) groups excluding carboxylic acids is 2. The van der Waals surface area contributed by atoms with E-state index in [-0.39, 0.29) is 24.2 Å². The number of nitrogens with zero attached hydrogens (tertiary/aromatic N) is 4. The summed E-state index contributed by atoms with van der Waals surface area (Å²) in [7, 11) is 0. The number of aromatic nitrogens is 2. The summed E-state index contributed by atoms with van der Waals surface area (Å²) in [6.07, 6.45) is 0.200. The maximum absolute atomic E-state index is 12.6. The fourth-order valence-electron chi connectivity index (χ4n) is 3.84. The third-order valence-electron chi connectivity index (χ3n) is 5.52. The average Bonchev–Trinajstić information content (AvgIpc) is 3.19. The molecule has 4 rings (SSSR count). The first-order chi connectivity index (χ1) is 15.5. The van der Waals surface area contributed by atoms with Crippen molar-refractivity contribution in [2.45, 2.75) is 13.3 Å². The quantitative estimate of drug-likeness (QED) is 0.611. The van der Waals surface area contributed by atoms with E-state index in [2.05, 4.69) is 25.5 Å². The van der Waals surface area contributed by atoms with Crippen LogP contribution in [0.5, 0.6) is 0 Å². The van der Waals surface area contributed by atoms with Gasteiger partial charge in [0.05, 0.1) is 19.1 Å². The third-order valence-corrected chi connectivity index (χ3v) is 5.77. The summed E-state index contributed by atoms with van der Waals surface area (Å²) >= 11 is 5.92. The Morgan fingerprint density at radius 2 is 1.94 bits per heavy atom. The summed E-state index contributed by atoms with van der Waals surface area (Å²) in [6.45, 7) is 6.19. The Morgan fingerprint density at radius 3 is 2.69 bits per heavy atom. The van der Waals surface area contributed by atoms with Crippen LogP contribution in [0.1, 0.15) is 12.1 Å². The Morgan fingerprint density at radius 1 is 1.19 bits per heavy atom. The van der Waals surface area contributed by atoms with Crippen LogP contribution in [-0.4, -0.2) is 67.7 Å². The van der Waals surface area contributed by atoms with Crippen molar-refractivity contribution >= 4 is 40.9 Å². The molecule has 1 atom stereocenters. The van der Waals surface area contributed by atoms with Crippen LogP contribution < -0.4 is 20.4 Å². The summed E-state index contributed by atoms with van der Waals surface area (Å²) < 4.78 is 5.40. The van der Waals surface area contributed by atoms with E-state index in [9.17, 15) is 9.59 Å². The van der Waals surface area contributed by atoms with Crippen LogP contribution in [0.3, 0.4) is 0 Å². The molecule has 2 saturated heterocycles. The van der Waals surface area contributed by atoms with E-state index < -0.39 is 0 Å². The first-order valence-electron chi connectivity index (χ1n) is 10.8. The van der Waals surface area contributed by atoms with E-state index in [4.69, 9.17) is 16.3 Å². The highest BCUT2D eigenvalue weighted by Crippen LogP contribution is 2.26. The molecule has 0 spiro atoms. The Hall–Kier alpha value is -2.91. The van der Waals surface area contributed by atoms with Crippen molar-refractivity contribution in [2.24, 2.45) is 5.92 Å². The van der Waals surface area contributed by atoms with Gasteiger partial charge in [-0.1, -0.05) is 11.6 Å². The molecule has 10 heteroatoms. The number of hydrogen-bond acceptors (Lipinski definition) is 7. The number of carbonyl (C=O) groups is 2. The molecule has 9 nitrogen and oxygen atoms in total. The van der Waals surface area contributed by atoms with Crippen LogP contribution in [-0.2, 0) is 14.3 Å². The predicted octanol–water partition coefficient (Wildman–Crippen LogP) is 1.86. The summed E-state index contributed by atoms with van der Waals surface area (Å²) in [4.78, 5) is 37.7. The van der Waals surface area contributed by atoms with Gasteiger partial charge in [-0.15, -0.1) is 0 Å². The number of benzene rings is 1. The van der Waals surface area contributed by atoms with Crippen LogP contribution in [0.4, 0.5) is 17.5 Å². The van der Waals surface area contributed by atoms with Crippen molar-refractivity contribution in [1.82, 2.24) is 15.3 Å². The minimum Gasteiger partial charge on any atom is -0.378 e. The normalized spacial score (nSPS) is 18.7. The molecule has 2 fully saturated rings. The van der Waals surface area contributed by atoms with Crippen molar-refractivity contribution in [3.63, 3.8) is 0 Å². The number of aryl methyl sites for hydroxylation is 1. The maximum Gasteiger partial charge on any atom is 0.227 e. The largest absolute Gasteiger partial charge is 0.378 e. The van der Waals surface area contributed by atoms with Crippen LogP contribution >= 0.6 is 11.6 Å². The molecule has 2 N–H and O–H groups in total. The van der Waals surface area contributed by atoms with Crippen molar-refractivity contribution in [2.75, 3.05) is 61.1 Å². The van der Waals surface area contributed by atoms with Crippen LogP contribution in [0.15, 0.2) is 30.3 Å². The Labute approximate surface area is 192 Å². The number of amides is 2. The van der Waals surface area contributed by atoms with Gasteiger partial charge in [-0.05, 0) is 31.2 Å². The lowest BCUT2D eigenvalue weighted by Gasteiger charge is -2.28. The lowest BCUT2D eigenvalue weighted by Crippen LogP contribution is -2.37. The van der Waals surface area contributed by atoms with Gasteiger partial charge >= 0.3 is 0 Å². The second kappa shape index (κ2) is 10.1. The van der Waals surface area contributed by atoms with E-state index in [1.54, 1.807) is 29.2 Å². The first-order valence-corrected chi connectivity index (χ1v) is 11.1. The van der Waals surface area contributed by atoms with Gasteiger partial charge in [-0.2, -0.15) is 4.98 Å². The molecule has 1 aromatic carbocycles. The van der Waals surface area contributed by atoms with E-state index in [1.807, 2.05) is 13.0 Å². The standard InChI is InChI=1S/C22H27ClN6O3/c1-15-12-19(28-8-10-32-11-9-28)27-22(26-15)25-7-6-24-21(31)16-13-20(30)29(14-16)18-4-2-17(23)3-5-18/h2-5,12,16H,6-11,13-14H2,1H3,(H,24,31)(H,25,26,27). The molecule has 0 radical (unpaired) electrons. The Bertz CT molecular complexity index is 965. The summed E-state index contributed by atoms with van der Waals surface area (Å²) in [6, 6.07) is 9.01. The van der Waals surface area contributed by atoms with Gasteiger partial charge in [0.2, 0.25) is 17.8 Å². The fourth-order valence-corrected chi connectivity index (χ4v) is 3.97. The second-order valence-electron chi connectivity index (χ2n) is 7.89. The summed E-state index contributed by atoms with van der Waals surface area (Å²) in [5, 5.41) is 6.69. The lowest BCUT2D eigenvalue weighted by atomic mass is 10.1. The average molecular weight is 459 g/mol. The SMILES string of the molecule is Cc1cc(N2CCOCC2)nc(NCCNC(=O)C2CC(=O)N(c3ccc(Cl)cc3)C2)n1. The molecule has 32 heavy (non-hydrogen) atoms. The number of hydrogen-bond donors (Lipinski definition) is 2. The van der Waals surface area contributed by atoms with Crippen molar-refractivity contribution < 1.29 is 14.3 Å². The number of anilines is 3. The highest BCUT2D eigenvalue weighted by atomic mass is 35.5. The van der Waals surface area contributed by atoms with E-state index >= 15 is 0 Å². The van der Waals surface area contributed by atoms with Crippen molar-refractivity contribution in [3.8, 4) is 0 Å². The van der Waals surface area contributed by atoms with Crippen molar-refractivity contribution in [3.05, 3.63) is 41.0 Å². The van der Waals surface area contributed by atoms with Crippen LogP contribution in [0.2, 0.25) is 5.02 Å². The van der Waals surface area contributed by atoms with E-state index in [0.717, 1.165) is 30.3 Å². The number of halogens is 1. The lowest BCUT2D eigenvalue weighted by molar-refractivity contribution is -0.126. The van der Waals surface area contributed by atoms with Gasteiger partial charge < -0.3 is 25.2 Å². The number of morpholine rings is 1. The molecule has 1 aromatic heterocycles. The van der Waals surface area contributed by atoms with Gasteiger partial charge in [0, 0.05) is 61.6 Å². The third kappa shape index (κ3) is 5.46. The molecular formula is C22H27ClN6O3. The zero-order chi connectivity index (χ0) is 22.5. The van der Waals surface area contributed by atoms with Gasteiger partial charge in [0.1, 0.15) is 5.82 Å². The molecule has 2 aliphatic rings. The summed E-state index contributed by atoms with van der Waals surface area (Å²) in [5.74, 6) is 0.844. The smallest absolute Gasteiger partial charge is 0.227 e. The first kappa shape index (κ1) is 22.3. The molecular weight excluding hydrogens is 432 g/mol. The van der Waals surface area contributed by atoms with Crippen molar-refractivity contribution in [1.29, 1.82) is 0 Å². The van der Waals surface area contributed by atoms with Crippen LogP contribution in [0.25, 0.3) is 0 Å². The highest BCUT2D eigenvalue weighted by molar-refractivity contribution is 6.30. The Kier molecular flexibility index (Phi) is 7.06. The summed E-state index contributed by atoms with van der Waals surface area (Å²) in [5.41, 5.74) is 1.63. The molecule has 2 aromatic rings.